The van der Waals surface area contributed by atoms with Crippen molar-refractivity contribution >= 4 is 22.5 Å². The van der Waals surface area contributed by atoms with E-state index in [2.05, 4.69) is 10.3 Å². The molecule has 1 N–H and O–H groups in total. The Morgan fingerprint density at radius 3 is 3.00 bits per heavy atom. The maximum atomic E-state index is 12.1. The van der Waals surface area contributed by atoms with Crippen LogP contribution in [0.5, 0.6) is 0 Å². The van der Waals surface area contributed by atoms with Gasteiger partial charge < -0.3 is 5.32 Å². The van der Waals surface area contributed by atoms with Crippen molar-refractivity contribution < 1.29 is 0 Å². The zero-order valence-corrected chi connectivity index (χ0v) is 10.5. The Hall–Kier alpha value is -1.39. The Bertz CT molecular complexity index is 594. The first-order valence-corrected chi connectivity index (χ1v) is 5.81. The molecule has 0 saturated heterocycles. The Morgan fingerprint density at radius 2 is 2.29 bits per heavy atom. The van der Waals surface area contributed by atoms with Gasteiger partial charge in [-0.25, -0.2) is 4.98 Å². The summed E-state index contributed by atoms with van der Waals surface area (Å²) in [6, 6.07) is 5.34. The largest absolute Gasteiger partial charge is 0.315 e. The Kier molecular flexibility index (Phi) is 3.45. The van der Waals surface area contributed by atoms with Crippen LogP contribution >= 0.6 is 11.6 Å². The highest BCUT2D eigenvalue weighted by Crippen LogP contribution is 2.14. The zero-order valence-electron chi connectivity index (χ0n) is 9.77. The van der Waals surface area contributed by atoms with E-state index in [4.69, 9.17) is 11.6 Å². The third kappa shape index (κ3) is 2.48. The lowest BCUT2D eigenvalue weighted by Crippen LogP contribution is -2.32. The van der Waals surface area contributed by atoms with Crippen LogP contribution in [0.2, 0.25) is 5.02 Å². The summed E-state index contributed by atoms with van der Waals surface area (Å²) in [4.78, 5) is 16.4. The minimum atomic E-state index is -0.0335. The number of fused-ring (bicyclic) bond motifs is 1. The SMILES string of the molecule is CNC(C)Cn1cnc2cc(Cl)ccc2c1=O. The van der Waals surface area contributed by atoms with Gasteiger partial charge in [0.2, 0.25) is 0 Å². The number of benzene rings is 1. The molecule has 0 aliphatic heterocycles. The van der Waals surface area contributed by atoms with Crippen molar-refractivity contribution in [2.45, 2.75) is 19.5 Å². The van der Waals surface area contributed by atoms with E-state index in [-0.39, 0.29) is 11.6 Å². The average molecular weight is 252 g/mol. The number of rotatable bonds is 3. The number of hydrogen-bond donors (Lipinski definition) is 1. The highest BCUT2D eigenvalue weighted by molar-refractivity contribution is 6.31. The number of nitrogens with zero attached hydrogens (tertiary/aromatic N) is 2. The molecule has 0 saturated carbocycles. The molecule has 0 aliphatic carbocycles. The first kappa shape index (κ1) is 12.1. The zero-order chi connectivity index (χ0) is 12.4. The molecule has 1 unspecified atom stereocenters. The third-order valence-electron chi connectivity index (χ3n) is 2.75. The van der Waals surface area contributed by atoms with Crippen LogP contribution in [0.3, 0.4) is 0 Å². The van der Waals surface area contributed by atoms with E-state index in [1.54, 1.807) is 29.1 Å². The summed E-state index contributed by atoms with van der Waals surface area (Å²) in [5, 5.41) is 4.28. The molecule has 1 aromatic heterocycles. The van der Waals surface area contributed by atoms with E-state index < -0.39 is 0 Å². The molecule has 0 amide bonds. The number of halogens is 1. The van der Waals surface area contributed by atoms with Crippen LogP contribution in [-0.4, -0.2) is 22.6 Å². The third-order valence-corrected chi connectivity index (χ3v) is 2.99. The van der Waals surface area contributed by atoms with Gasteiger partial charge >= 0.3 is 0 Å². The highest BCUT2D eigenvalue weighted by Gasteiger charge is 2.06. The fraction of sp³-hybridized carbons (Fsp3) is 0.333. The van der Waals surface area contributed by atoms with Gasteiger partial charge in [-0.2, -0.15) is 0 Å². The molecule has 0 fully saturated rings. The first-order valence-electron chi connectivity index (χ1n) is 5.44. The molecule has 0 aliphatic rings. The van der Waals surface area contributed by atoms with Crippen LogP contribution in [0.15, 0.2) is 29.3 Å². The van der Waals surface area contributed by atoms with Crippen LogP contribution in [0.25, 0.3) is 10.9 Å². The average Bonchev–Trinajstić information content (AvgIpc) is 2.32. The molecular weight excluding hydrogens is 238 g/mol. The second-order valence-corrected chi connectivity index (χ2v) is 4.49. The maximum absolute atomic E-state index is 12.1. The Morgan fingerprint density at radius 1 is 1.53 bits per heavy atom. The van der Waals surface area contributed by atoms with Gasteiger partial charge in [0.05, 0.1) is 17.2 Å². The molecule has 4 nitrogen and oxygen atoms in total. The predicted octanol–water partition coefficient (Wildman–Crippen LogP) is 1.66. The van der Waals surface area contributed by atoms with Crippen molar-refractivity contribution in [3.63, 3.8) is 0 Å². The van der Waals surface area contributed by atoms with Crippen LogP contribution in [0.4, 0.5) is 0 Å². The van der Waals surface area contributed by atoms with E-state index in [0.717, 1.165) is 0 Å². The van der Waals surface area contributed by atoms with Gasteiger partial charge in [0.1, 0.15) is 0 Å². The summed E-state index contributed by atoms with van der Waals surface area (Å²) in [6.07, 6.45) is 1.56. The second-order valence-electron chi connectivity index (χ2n) is 4.05. The van der Waals surface area contributed by atoms with Crippen LogP contribution in [-0.2, 0) is 6.54 Å². The molecule has 1 atom stereocenters. The van der Waals surface area contributed by atoms with Gasteiger partial charge in [-0.15, -0.1) is 0 Å². The summed E-state index contributed by atoms with van der Waals surface area (Å²) >= 11 is 5.86. The summed E-state index contributed by atoms with van der Waals surface area (Å²) in [6.45, 7) is 2.61. The summed E-state index contributed by atoms with van der Waals surface area (Å²) < 4.78 is 1.61. The highest BCUT2D eigenvalue weighted by atomic mass is 35.5. The van der Waals surface area contributed by atoms with E-state index in [1.807, 2.05) is 14.0 Å². The van der Waals surface area contributed by atoms with Gasteiger partial charge in [-0.3, -0.25) is 9.36 Å². The Balaban J connectivity index is 2.51. The monoisotopic (exact) mass is 251 g/mol. The van der Waals surface area contributed by atoms with E-state index in [1.165, 1.54) is 0 Å². The molecule has 0 spiro atoms. The maximum Gasteiger partial charge on any atom is 0.261 e. The molecular formula is C12H14ClN3O. The minimum Gasteiger partial charge on any atom is -0.315 e. The normalized spacial score (nSPS) is 12.9. The van der Waals surface area contributed by atoms with Crippen molar-refractivity contribution in [2.24, 2.45) is 0 Å². The summed E-state index contributed by atoms with van der Waals surface area (Å²) in [7, 11) is 1.87. The number of nitrogens with one attached hydrogen (secondary N) is 1. The fourth-order valence-electron chi connectivity index (χ4n) is 1.65. The lowest BCUT2D eigenvalue weighted by Gasteiger charge is -2.12. The molecule has 2 rings (SSSR count). The van der Waals surface area contributed by atoms with Gasteiger partial charge in [-0.1, -0.05) is 11.6 Å². The van der Waals surface area contributed by atoms with E-state index in [0.29, 0.717) is 22.5 Å². The van der Waals surface area contributed by atoms with Crippen molar-refractivity contribution in [2.75, 3.05) is 7.05 Å². The van der Waals surface area contributed by atoms with Gasteiger partial charge in [0, 0.05) is 17.6 Å². The van der Waals surface area contributed by atoms with Crippen molar-refractivity contribution in [3.05, 3.63) is 39.9 Å². The molecule has 90 valence electrons. The van der Waals surface area contributed by atoms with Gasteiger partial charge in [-0.05, 0) is 32.2 Å². The van der Waals surface area contributed by atoms with E-state index in [9.17, 15) is 4.79 Å². The molecule has 0 bridgehead atoms. The quantitative estimate of drug-likeness (QED) is 0.903. The van der Waals surface area contributed by atoms with Crippen molar-refractivity contribution in [1.29, 1.82) is 0 Å². The van der Waals surface area contributed by atoms with Crippen molar-refractivity contribution in [1.82, 2.24) is 14.9 Å². The second kappa shape index (κ2) is 4.85. The van der Waals surface area contributed by atoms with Gasteiger partial charge in [0.15, 0.2) is 0 Å². The summed E-state index contributed by atoms with van der Waals surface area (Å²) in [5.41, 5.74) is 0.602. The number of hydrogen-bond acceptors (Lipinski definition) is 3. The number of aromatic nitrogens is 2. The molecule has 17 heavy (non-hydrogen) atoms. The van der Waals surface area contributed by atoms with Crippen LogP contribution in [0.1, 0.15) is 6.92 Å². The molecule has 2 aromatic rings. The van der Waals surface area contributed by atoms with Crippen LogP contribution < -0.4 is 10.9 Å². The van der Waals surface area contributed by atoms with E-state index >= 15 is 0 Å². The predicted molar refractivity (Wildman–Crippen MR) is 69.5 cm³/mol. The Labute approximate surface area is 104 Å². The minimum absolute atomic E-state index is 0.0335. The first-order chi connectivity index (χ1) is 8.11. The van der Waals surface area contributed by atoms with Crippen LogP contribution in [0, 0.1) is 0 Å². The lowest BCUT2D eigenvalue weighted by molar-refractivity contribution is 0.503. The molecule has 1 heterocycles. The van der Waals surface area contributed by atoms with Crippen molar-refractivity contribution in [3.8, 4) is 0 Å². The van der Waals surface area contributed by atoms with Gasteiger partial charge in [0.25, 0.3) is 5.56 Å². The number of likely N-dealkylation sites (N-methyl/N-ethyl adjacent to an activating group) is 1. The molecule has 5 heteroatoms. The standard InChI is InChI=1S/C12H14ClN3O/c1-8(14-2)6-16-7-15-11-5-9(13)3-4-10(11)12(16)17/h3-5,7-8,14H,6H2,1-2H3. The topological polar surface area (TPSA) is 46.9 Å². The molecule has 0 radical (unpaired) electrons. The lowest BCUT2D eigenvalue weighted by atomic mass is 10.2. The summed E-state index contributed by atoms with van der Waals surface area (Å²) in [5.74, 6) is 0. The molecule has 1 aromatic carbocycles. The fourth-order valence-corrected chi connectivity index (χ4v) is 1.81. The smallest absolute Gasteiger partial charge is 0.261 e.